The lowest BCUT2D eigenvalue weighted by atomic mass is 10.2. The number of rotatable bonds is 2. The van der Waals surface area contributed by atoms with E-state index in [1.165, 1.54) is 0 Å². The summed E-state index contributed by atoms with van der Waals surface area (Å²) in [5.74, 6) is -0.235. The van der Waals surface area contributed by atoms with Crippen LogP contribution in [0.1, 0.15) is 15.9 Å². The average Bonchev–Trinajstić information content (AvgIpc) is 2.43. The summed E-state index contributed by atoms with van der Waals surface area (Å²) in [6.45, 7) is 1.98. The Hall–Kier alpha value is -2.24. The molecule has 20 heavy (non-hydrogen) atoms. The van der Waals surface area contributed by atoms with E-state index < -0.39 is 0 Å². The summed E-state index contributed by atoms with van der Waals surface area (Å²) in [5, 5.41) is 5.89. The molecule has 0 aliphatic heterocycles. The van der Waals surface area contributed by atoms with Gasteiger partial charge in [0.25, 0.3) is 5.91 Å². The van der Waals surface area contributed by atoms with Crippen LogP contribution in [0.5, 0.6) is 0 Å². The van der Waals surface area contributed by atoms with Crippen molar-refractivity contribution in [3.8, 4) is 0 Å². The van der Waals surface area contributed by atoms with Crippen molar-refractivity contribution >= 4 is 34.6 Å². The van der Waals surface area contributed by atoms with Gasteiger partial charge in [0.15, 0.2) is 10.8 Å². The molecule has 0 spiro atoms. The Bertz CT molecular complexity index is 641. The minimum atomic E-state index is -0.235. The second-order valence-electron chi connectivity index (χ2n) is 4.43. The topological polar surface area (TPSA) is 68.8 Å². The highest BCUT2D eigenvalue weighted by Gasteiger charge is 2.09. The summed E-state index contributed by atoms with van der Waals surface area (Å²) in [7, 11) is 0. The number of nitrogens with one attached hydrogen (secondary N) is 2. The first-order valence-corrected chi connectivity index (χ1v) is 6.57. The van der Waals surface area contributed by atoms with E-state index in [1.807, 2.05) is 31.2 Å². The van der Waals surface area contributed by atoms with Crippen molar-refractivity contribution in [2.75, 3.05) is 5.32 Å². The molecule has 0 saturated heterocycles. The van der Waals surface area contributed by atoms with Crippen molar-refractivity contribution < 1.29 is 10.5 Å². The molecule has 2 aromatic carbocycles. The van der Waals surface area contributed by atoms with Crippen LogP contribution in [0.2, 0.25) is 0 Å². The molecule has 1 amide bonds. The third-order valence-corrected chi connectivity index (χ3v) is 2.98. The van der Waals surface area contributed by atoms with Gasteiger partial charge >= 0.3 is 0 Å². The lowest BCUT2D eigenvalue weighted by molar-refractivity contribution is -0.253. The van der Waals surface area contributed by atoms with Crippen LogP contribution in [0.4, 0.5) is 11.4 Å². The Balaban J connectivity index is 2.03. The number of thiocarbonyl (C=S) groups is 1. The smallest absolute Gasteiger partial charge is 0.257 e. The molecule has 0 heterocycles. The summed E-state index contributed by atoms with van der Waals surface area (Å²) in [4.78, 5) is 11.9. The molecule has 0 aromatic heterocycles. The normalized spacial score (nSPS) is 9.90. The Labute approximate surface area is 123 Å². The molecule has 0 aliphatic carbocycles. The van der Waals surface area contributed by atoms with E-state index >= 15 is 0 Å². The van der Waals surface area contributed by atoms with Crippen LogP contribution in [-0.4, -0.2) is 11.0 Å². The van der Waals surface area contributed by atoms with Gasteiger partial charge in [0.05, 0.1) is 0 Å². The number of quaternary nitrogens is 1. The van der Waals surface area contributed by atoms with E-state index in [9.17, 15) is 4.79 Å². The summed E-state index contributed by atoms with van der Waals surface area (Å²) < 4.78 is 0. The van der Waals surface area contributed by atoms with Crippen molar-refractivity contribution in [2.24, 2.45) is 0 Å². The first kappa shape index (κ1) is 14.2. The lowest BCUT2D eigenvalue weighted by Crippen LogP contribution is -2.42. The second kappa shape index (κ2) is 6.27. The molecule has 0 saturated carbocycles. The van der Waals surface area contributed by atoms with Gasteiger partial charge in [-0.25, -0.2) is 0 Å². The van der Waals surface area contributed by atoms with Gasteiger partial charge in [-0.1, -0.05) is 24.3 Å². The van der Waals surface area contributed by atoms with Gasteiger partial charge in [0.2, 0.25) is 0 Å². The fraction of sp³-hybridized carbons (Fsp3) is 0.0667. The van der Waals surface area contributed by atoms with Gasteiger partial charge in [-0.3, -0.25) is 10.1 Å². The predicted molar refractivity (Wildman–Crippen MR) is 83.9 cm³/mol. The van der Waals surface area contributed by atoms with E-state index in [-0.39, 0.29) is 11.0 Å². The fourth-order valence-corrected chi connectivity index (χ4v) is 1.93. The van der Waals surface area contributed by atoms with Crippen molar-refractivity contribution in [2.45, 2.75) is 6.92 Å². The van der Waals surface area contributed by atoms with Crippen molar-refractivity contribution in [3.63, 3.8) is 0 Å². The van der Waals surface area contributed by atoms with Gasteiger partial charge in [0, 0.05) is 11.6 Å². The number of carbonyl (C=O) groups excluding carboxylic acids is 1. The van der Waals surface area contributed by atoms with Crippen LogP contribution in [0.25, 0.3) is 0 Å². The highest BCUT2D eigenvalue weighted by Crippen LogP contribution is 2.17. The van der Waals surface area contributed by atoms with Crippen LogP contribution in [-0.2, 0) is 0 Å². The fourth-order valence-electron chi connectivity index (χ4n) is 1.73. The molecular weight excluding hydrogens is 270 g/mol. The predicted octanol–water partition coefficient (Wildman–Crippen LogP) is 2.00. The van der Waals surface area contributed by atoms with Crippen molar-refractivity contribution in [1.82, 2.24) is 5.32 Å². The Kier molecular flexibility index (Phi) is 4.45. The summed E-state index contributed by atoms with van der Waals surface area (Å²) >= 11 is 5.14. The average molecular weight is 286 g/mol. The third-order valence-electron chi connectivity index (χ3n) is 2.78. The zero-order valence-electron chi connectivity index (χ0n) is 11.1. The largest absolute Gasteiger partial charge is 0.328 e. The number of benzene rings is 2. The van der Waals surface area contributed by atoms with E-state index in [2.05, 4.69) is 16.4 Å². The second-order valence-corrected chi connectivity index (χ2v) is 4.84. The first-order chi connectivity index (χ1) is 9.56. The SMILES string of the molecule is Cc1ccc([NH3+])c(NC(=S)NC(=O)c2ccccc2)c1. The zero-order chi connectivity index (χ0) is 14.5. The van der Waals surface area contributed by atoms with Crippen LogP contribution in [0, 0.1) is 6.92 Å². The number of aryl methyl sites for hydroxylation is 1. The van der Waals surface area contributed by atoms with Gasteiger partial charge in [0.1, 0.15) is 5.69 Å². The number of hydrogen-bond acceptors (Lipinski definition) is 2. The standard InChI is InChI=1S/C15H15N3OS/c1-10-7-8-12(16)13(9-10)17-15(20)18-14(19)11-5-3-2-4-6-11/h2-9H,16H2,1H3,(H2,17,18,19,20)/p+1. The zero-order valence-corrected chi connectivity index (χ0v) is 12.0. The lowest BCUT2D eigenvalue weighted by Gasteiger charge is -2.10. The molecule has 0 aliphatic rings. The minimum absolute atomic E-state index is 0.235. The maximum atomic E-state index is 11.9. The van der Waals surface area contributed by atoms with E-state index in [0.717, 1.165) is 16.9 Å². The van der Waals surface area contributed by atoms with Crippen LogP contribution in [0.15, 0.2) is 48.5 Å². The van der Waals surface area contributed by atoms with E-state index in [1.54, 1.807) is 24.3 Å². The number of amides is 1. The third kappa shape index (κ3) is 3.63. The molecule has 102 valence electrons. The highest BCUT2D eigenvalue weighted by molar-refractivity contribution is 7.80. The number of carbonyl (C=O) groups is 1. The maximum Gasteiger partial charge on any atom is 0.257 e. The van der Waals surface area contributed by atoms with Crippen LogP contribution < -0.4 is 16.4 Å². The van der Waals surface area contributed by atoms with Gasteiger partial charge in [-0.05, 0) is 42.9 Å². The summed E-state index contributed by atoms with van der Waals surface area (Å²) in [6.07, 6.45) is 0. The van der Waals surface area contributed by atoms with E-state index in [4.69, 9.17) is 12.2 Å². The molecule has 5 heteroatoms. The Morgan fingerprint density at radius 3 is 2.55 bits per heavy atom. The Morgan fingerprint density at radius 2 is 1.85 bits per heavy atom. The quantitative estimate of drug-likeness (QED) is 0.740. The molecule has 0 atom stereocenters. The Morgan fingerprint density at radius 1 is 1.15 bits per heavy atom. The van der Waals surface area contributed by atoms with Gasteiger partial charge < -0.3 is 11.1 Å². The molecule has 2 rings (SSSR count). The van der Waals surface area contributed by atoms with Crippen LogP contribution >= 0.6 is 12.2 Å². The number of hydrogen-bond donors (Lipinski definition) is 3. The molecular formula is C15H16N3OS+. The highest BCUT2D eigenvalue weighted by atomic mass is 32.1. The monoisotopic (exact) mass is 286 g/mol. The van der Waals surface area contributed by atoms with Gasteiger partial charge in [-0.2, -0.15) is 0 Å². The minimum Gasteiger partial charge on any atom is -0.328 e. The van der Waals surface area contributed by atoms with E-state index in [0.29, 0.717) is 5.56 Å². The molecule has 0 unspecified atom stereocenters. The van der Waals surface area contributed by atoms with Crippen molar-refractivity contribution in [3.05, 3.63) is 59.7 Å². The van der Waals surface area contributed by atoms with Gasteiger partial charge in [-0.15, -0.1) is 0 Å². The summed E-state index contributed by atoms with van der Waals surface area (Å²) in [5.41, 5.74) is 7.20. The maximum absolute atomic E-state index is 11.9. The van der Waals surface area contributed by atoms with Crippen molar-refractivity contribution in [1.29, 1.82) is 0 Å². The van der Waals surface area contributed by atoms with Crippen LogP contribution in [0.3, 0.4) is 0 Å². The number of anilines is 1. The summed E-state index contributed by atoms with van der Waals surface area (Å²) in [6, 6.07) is 14.7. The molecule has 0 fully saturated rings. The molecule has 4 nitrogen and oxygen atoms in total. The molecule has 5 N–H and O–H groups in total. The first-order valence-electron chi connectivity index (χ1n) is 6.16. The molecule has 0 bridgehead atoms. The molecule has 2 aromatic rings. The molecule has 0 radical (unpaired) electrons.